The van der Waals surface area contributed by atoms with E-state index in [9.17, 15) is 19.7 Å². The van der Waals surface area contributed by atoms with Crippen molar-refractivity contribution in [1.82, 2.24) is 0 Å². The number of hydrogen-bond donors (Lipinski definition) is 2. The Kier molecular flexibility index (Phi) is 3.60. The molecular formula is C9H8N2O6. The van der Waals surface area contributed by atoms with E-state index >= 15 is 0 Å². The number of anilines is 1. The number of carboxylic acids is 1. The Morgan fingerprint density at radius 2 is 2.12 bits per heavy atom. The minimum atomic E-state index is -1.31. The number of nitrogens with one attached hydrogen (secondary N) is 1. The normalized spacial score (nSPS) is 9.47. The summed E-state index contributed by atoms with van der Waals surface area (Å²) in [6.07, 6.45) is -0.909. The van der Waals surface area contributed by atoms with Crippen LogP contribution in [0.15, 0.2) is 18.2 Å². The van der Waals surface area contributed by atoms with E-state index in [-0.39, 0.29) is 16.9 Å². The number of aromatic carboxylic acids is 1. The molecule has 1 aromatic rings. The number of non-ortho nitro benzene ring substituents is 1. The number of amides is 1. The molecule has 2 N–H and O–H groups in total. The maximum atomic E-state index is 10.9. The zero-order chi connectivity index (χ0) is 13.0. The van der Waals surface area contributed by atoms with Crippen molar-refractivity contribution in [1.29, 1.82) is 0 Å². The van der Waals surface area contributed by atoms with E-state index in [0.717, 1.165) is 25.3 Å². The molecule has 1 rings (SSSR count). The third-order valence-corrected chi connectivity index (χ3v) is 1.87. The van der Waals surface area contributed by atoms with Crippen molar-refractivity contribution in [3.8, 4) is 0 Å². The number of carboxylic acid groups (broad SMARTS) is 1. The van der Waals surface area contributed by atoms with E-state index in [4.69, 9.17) is 5.11 Å². The van der Waals surface area contributed by atoms with E-state index in [1.54, 1.807) is 0 Å². The lowest BCUT2D eigenvalue weighted by atomic mass is 10.1. The Bertz CT molecular complexity index is 484. The summed E-state index contributed by atoms with van der Waals surface area (Å²) >= 11 is 0. The number of nitro groups is 1. The van der Waals surface area contributed by atoms with Gasteiger partial charge in [0, 0.05) is 12.1 Å². The van der Waals surface area contributed by atoms with Crippen LogP contribution in [0.1, 0.15) is 10.4 Å². The molecule has 0 fully saturated rings. The van der Waals surface area contributed by atoms with Crippen molar-refractivity contribution >= 4 is 23.4 Å². The van der Waals surface area contributed by atoms with Gasteiger partial charge in [0.15, 0.2) is 0 Å². The number of carbonyl (C=O) groups is 2. The number of carbonyl (C=O) groups excluding carboxylic acids is 1. The first-order valence-corrected chi connectivity index (χ1v) is 4.32. The van der Waals surface area contributed by atoms with Gasteiger partial charge in [-0.25, -0.2) is 9.59 Å². The SMILES string of the molecule is COC(=O)Nc1cc([N+](=O)[O-])ccc1C(=O)O. The molecule has 0 unspecified atom stereocenters. The monoisotopic (exact) mass is 240 g/mol. The standard InChI is InChI=1S/C9H8N2O6/c1-17-9(14)10-7-4-5(11(15)16)2-3-6(7)8(12)13/h2-4H,1H3,(H,10,14)(H,12,13). The number of methoxy groups -OCH3 is 1. The lowest BCUT2D eigenvalue weighted by Gasteiger charge is -2.06. The zero-order valence-corrected chi connectivity index (χ0v) is 8.67. The van der Waals surface area contributed by atoms with Crippen LogP contribution in [0.2, 0.25) is 0 Å². The van der Waals surface area contributed by atoms with Crippen LogP contribution in [0, 0.1) is 10.1 Å². The van der Waals surface area contributed by atoms with Gasteiger partial charge in [-0.1, -0.05) is 0 Å². The lowest BCUT2D eigenvalue weighted by molar-refractivity contribution is -0.384. The fourth-order valence-corrected chi connectivity index (χ4v) is 1.10. The summed E-state index contributed by atoms with van der Waals surface area (Å²) in [7, 11) is 1.09. The van der Waals surface area contributed by atoms with Gasteiger partial charge < -0.3 is 9.84 Å². The number of hydrogen-bond acceptors (Lipinski definition) is 5. The summed E-state index contributed by atoms with van der Waals surface area (Å²) in [5.74, 6) is -1.31. The maximum Gasteiger partial charge on any atom is 0.411 e. The molecular weight excluding hydrogens is 232 g/mol. The molecule has 8 nitrogen and oxygen atoms in total. The summed E-state index contributed by atoms with van der Waals surface area (Å²) in [5.41, 5.74) is -0.791. The van der Waals surface area contributed by atoms with Gasteiger partial charge in [-0.3, -0.25) is 15.4 Å². The maximum absolute atomic E-state index is 10.9. The van der Waals surface area contributed by atoms with Crippen LogP contribution in [0.3, 0.4) is 0 Å². The summed E-state index contributed by atoms with van der Waals surface area (Å²) in [4.78, 5) is 31.6. The molecule has 0 aliphatic carbocycles. The second kappa shape index (κ2) is 4.92. The number of nitrogens with zero attached hydrogens (tertiary/aromatic N) is 1. The van der Waals surface area contributed by atoms with Gasteiger partial charge in [0.2, 0.25) is 0 Å². The van der Waals surface area contributed by atoms with Gasteiger partial charge >= 0.3 is 12.1 Å². The van der Waals surface area contributed by atoms with Crippen LogP contribution in [0.4, 0.5) is 16.2 Å². The predicted molar refractivity (Wildman–Crippen MR) is 56.1 cm³/mol. The highest BCUT2D eigenvalue weighted by Gasteiger charge is 2.17. The average Bonchev–Trinajstić information content (AvgIpc) is 2.28. The molecule has 0 aromatic heterocycles. The smallest absolute Gasteiger partial charge is 0.411 e. The van der Waals surface area contributed by atoms with Crippen LogP contribution in [-0.2, 0) is 4.74 Å². The van der Waals surface area contributed by atoms with E-state index in [2.05, 4.69) is 10.1 Å². The molecule has 1 amide bonds. The molecule has 0 heterocycles. The molecule has 0 spiro atoms. The minimum Gasteiger partial charge on any atom is -0.478 e. The highest BCUT2D eigenvalue weighted by molar-refractivity contribution is 5.99. The minimum absolute atomic E-state index is 0.196. The zero-order valence-electron chi connectivity index (χ0n) is 8.67. The van der Waals surface area contributed by atoms with E-state index in [1.807, 2.05) is 0 Å². The first-order chi connectivity index (χ1) is 7.95. The number of ether oxygens (including phenoxy) is 1. The topological polar surface area (TPSA) is 119 Å². The first-order valence-electron chi connectivity index (χ1n) is 4.32. The second-order valence-electron chi connectivity index (χ2n) is 2.91. The Hall–Kier alpha value is -2.64. The van der Waals surface area contributed by atoms with Crippen molar-refractivity contribution < 1.29 is 24.4 Å². The molecule has 0 radical (unpaired) electrons. The number of benzene rings is 1. The van der Waals surface area contributed by atoms with Gasteiger partial charge in [-0.15, -0.1) is 0 Å². The molecule has 0 aliphatic heterocycles. The molecule has 0 saturated carbocycles. The molecule has 17 heavy (non-hydrogen) atoms. The van der Waals surface area contributed by atoms with Crippen LogP contribution >= 0.6 is 0 Å². The van der Waals surface area contributed by atoms with E-state index < -0.39 is 17.0 Å². The number of nitro benzene ring substituents is 1. The van der Waals surface area contributed by atoms with E-state index in [1.165, 1.54) is 0 Å². The van der Waals surface area contributed by atoms with Gasteiger partial charge in [-0.2, -0.15) is 0 Å². The first kappa shape index (κ1) is 12.4. The van der Waals surface area contributed by atoms with Crippen LogP contribution in [0.5, 0.6) is 0 Å². The van der Waals surface area contributed by atoms with Gasteiger partial charge in [0.05, 0.1) is 23.3 Å². The quantitative estimate of drug-likeness (QED) is 0.609. The summed E-state index contributed by atoms with van der Waals surface area (Å²) in [5, 5.41) is 21.4. The highest BCUT2D eigenvalue weighted by Crippen LogP contribution is 2.22. The lowest BCUT2D eigenvalue weighted by Crippen LogP contribution is -2.14. The van der Waals surface area contributed by atoms with Crippen LogP contribution in [-0.4, -0.2) is 29.2 Å². The van der Waals surface area contributed by atoms with Crippen molar-refractivity contribution in [2.75, 3.05) is 12.4 Å². The van der Waals surface area contributed by atoms with Gasteiger partial charge in [0.1, 0.15) is 0 Å². The predicted octanol–water partition coefficient (Wildman–Crippen LogP) is 1.47. The Balaban J connectivity index is 3.20. The Morgan fingerprint density at radius 1 is 1.47 bits per heavy atom. The molecule has 0 saturated heterocycles. The van der Waals surface area contributed by atoms with Crippen molar-refractivity contribution in [2.24, 2.45) is 0 Å². The van der Waals surface area contributed by atoms with Gasteiger partial charge in [-0.05, 0) is 6.07 Å². The highest BCUT2D eigenvalue weighted by atomic mass is 16.6. The third-order valence-electron chi connectivity index (χ3n) is 1.87. The largest absolute Gasteiger partial charge is 0.478 e. The van der Waals surface area contributed by atoms with Crippen molar-refractivity contribution in [3.63, 3.8) is 0 Å². The molecule has 8 heteroatoms. The van der Waals surface area contributed by atoms with Crippen LogP contribution < -0.4 is 5.32 Å². The van der Waals surface area contributed by atoms with Crippen LogP contribution in [0.25, 0.3) is 0 Å². The Labute approximate surface area is 95.0 Å². The summed E-state index contributed by atoms with van der Waals surface area (Å²) in [6, 6.07) is 3.01. The average molecular weight is 240 g/mol. The molecule has 0 atom stereocenters. The van der Waals surface area contributed by atoms with E-state index in [0.29, 0.717) is 0 Å². The Morgan fingerprint density at radius 3 is 2.59 bits per heavy atom. The fraction of sp³-hybridized carbons (Fsp3) is 0.111. The molecule has 0 bridgehead atoms. The summed E-state index contributed by atoms with van der Waals surface area (Å²) < 4.78 is 4.28. The molecule has 1 aromatic carbocycles. The molecule has 0 aliphatic rings. The van der Waals surface area contributed by atoms with Crippen molar-refractivity contribution in [3.05, 3.63) is 33.9 Å². The molecule has 90 valence electrons. The number of rotatable bonds is 3. The van der Waals surface area contributed by atoms with Gasteiger partial charge in [0.25, 0.3) is 5.69 Å². The second-order valence-corrected chi connectivity index (χ2v) is 2.91. The third kappa shape index (κ3) is 2.91. The van der Waals surface area contributed by atoms with Crippen molar-refractivity contribution in [2.45, 2.75) is 0 Å². The fourth-order valence-electron chi connectivity index (χ4n) is 1.10. The summed E-state index contributed by atoms with van der Waals surface area (Å²) in [6.45, 7) is 0.